The second-order valence-electron chi connectivity index (χ2n) is 3.99. The number of amides is 2. The van der Waals surface area contributed by atoms with Crippen LogP contribution in [0.5, 0.6) is 5.75 Å². The monoisotopic (exact) mass is 298 g/mol. The van der Waals surface area contributed by atoms with Gasteiger partial charge < -0.3 is 30.3 Å². The molecule has 8 heteroatoms. The van der Waals surface area contributed by atoms with Crippen molar-refractivity contribution in [2.45, 2.75) is 0 Å². The zero-order valence-electron chi connectivity index (χ0n) is 11.6. The van der Waals surface area contributed by atoms with Gasteiger partial charge in [0.2, 0.25) is 0 Å². The van der Waals surface area contributed by atoms with Crippen LogP contribution in [0.3, 0.4) is 0 Å². The Kier molecular flexibility index (Phi) is 6.99. The molecule has 0 aromatic heterocycles. The van der Waals surface area contributed by atoms with Crippen molar-refractivity contribution in [2.24, 2.45) is 0 Å². The van der Waals surface area contributed by atoms with Crippen LogP contribution in [0.4, 0.5) is 10.5 Å². The van der Waals surface area contributed by atoms with Gasteiger partial charge in [-0.2, -0.15) is 0 Å². The third-order valence-corrected chi connectivity index (χ3v) is 2.48. The minimum absolute atomic E-state index is 0.0210. The molecule has 0 atom stereocenters. The van der Waals surface area contributed by atoms with Gasteiger partial charge in [0.05, 0.1) is 25.5 Å². The summed E-state index contributed by atoms with van der Waals surface area (Å²) >= 11 is 0. The maximum atomic E-state index is 11.6. The lowest BCUT2D eigenvalue weighted by molar-refractivity contribution is 0.0693. The molecule has 0 saturated heterocycles. The normalized spacial score (nSPS) is 10.1. The first kappa shape index (κ1) is 16.7. The molecule has 0 bridgehead atoms. The van der Waals surface area contributed by atoms with Gasteiger partial charge in [-0.3, -0.25) is 0 Å². The van der Waals surface area contributed by atoms with E-state index in [1.54, 1.807) is 7.11 Å². The first-order chi connectivity index (χ1) is 10.1. The number of ether oxygens (including phenoxy) is 2. The van der Waals surface area contributed by atoms with Crippen molar-refractivity contribution in [1.29, 1.82) is 0 Å². The van der Waals surface area contributed by atoms with E-state index in [-0.39, 0.29) is 17.8 Å². The molecule has 0 aliphatic heterocycles. The van der Waals surface area contributed by atoms with E-state index in [4.69, 9.17) is 14.6 Å². The third-order valence-electron chi connectivity index (χ3n) is 2.48. The molecule has 0 spiro atoms. The molecule has 21 heavy (non-hydrogen) atoms. The number of hydrogen-bond acceptors (Lipinski definition) is 5. The van der Waals surface area contributed by atoms with Gasteiger partial charge in [-0.05, 0) is 12.1 Å². The van der Waals surface area contributed by atoms with Crippen molar-refractivity contribution < 1.29 is 29.3 Å². The molecule has 1 aromatic carbocycles. The van der Waals surface area contributed by atoms with E-state index in [9.17, 15) is 14.7 Å². The average molecular weight is 298 g/mol. The number of nitrogens with one attached hydrogen (secondary N) is 2. The summed E-state index contributed by atoms with van der Waals surface area (Å²) < 4.78 is 9.95. The fourth-order valence-electron chi connectivity index (χ4n) is 1.46. The van der Waals surface area contributed by atoms with Gasteiger partial charge in [0, 0.05) is 13.7 Å². The number of benzene rings is 1. The fraction of sp³-hybridized carbons (Fsp3) is 0.385. The number of rotatable bonds is 8. The standard InChI is InChI=1S/C13H18N2O6/c1-20-7-8-21-6-5-14-13(19)15-10-4-2-3-9(11(10)16)12(17)18/h2-4,16H,5-8H2,1H3,(H,17,18)(H2,14,15,19). The van der Waals surface area contributed by atoms with E-state index in [0.29, 0.717) is 19.8 Å². The highest BCUT2D eigenvalue weighted by Crippen LogP contribution is 2.27. The number of carboxylic acid groups (broad SMARTS) is 1. The Labute approximate surface area is 121 Å². The number of methoxy groups -OCH3 is 1. The molecule has 0 heterocycles. The number of carbonyl (C=O) groups is 2. The zero-order valence-corrected chi connectivity index (χ0v) is 11.6. The second-order valence-corrected chi connectivity index (χ2v) is 3.99. The smallest absolute Gasteiger partial charge is 0.339 e. The topological polar surface area (TPSA) is 117 Å². The molecule has 0 fully saturated rings. The first-order valence-corrected chi connectivity index (χ1v) is 6.23. The van der Waals surface area contributed by atoms with E-state index in [0.717, 1.165) is 0 Å². The molecule has 2 amide bonds. The minimum atomic E-state index is -1.27. The Bertz CT molecular complexity index is 492. The molecule has 0 unspecified atom stereocenters. The minimum Gasteiger partial charge on any atom is -0.505 e. The van der Waals surface area contributed by atoms with Crippen LogP contribution in [-0.4, -0.2) is 55.7 Å². The highest BCUT2D eigenvalue weighted by Gasteiger charge is 2.14. The predicted octanol–water partition coefficient (Wildman–Crippen LogP) is 0.875. The summed E-state index contributed by atoms with van der Waals surface area (Å²) in [5.74, 6) is -1.76. The summed E-state index contributed by atoms with van der Waals surface area (Å²) in [6.45, 7) is 1.50. The number of phenols is 1. The van der Waals surface area contributed by atoms with Crippen LogP contribution in [0.25, 0.3) is 0 Å². The molecule has 1 rings (SSSR count). The van der Waals surface area contributed by atoms with E-state index < -0.39 is 17.7 Å². The number of carbonyl (C=O) groups excluding carboxylic acids is 1. The van der Waals surface area contributed by atoms with Crippen LogP contribution in [0.15, 0.2) is 18.2 Å². The van der Waals surface area contributed by atoms with Crippen LogP contribution in [-0.2, 0) is 9.47 Å². The van der Waals surface area contributed by atoms with Crippen LogP contribution >= 0.6 is 0 Å². The lowest BCUT2D eigenvalue weighted by Crippen LogP contribution is -2.31. The Hall–Kier alpha value is -2.32. The van der Waals surface area contributed by atoms with Crippen LogP contribution in [0, 0.1) is 0 Å². The first-order valence-electron chi connectivity index (χ1n) is 6.23. The Morgan fingerprint density at radius 1 is 1.24 bits per heavy atom. The number of aromatic carboxylic acids is 1. The molecular weight excluding hydrogens is 280 g/mol. The van der Waals surface area contributed by atoms with Gasteiger partial charge in [-0.1, -0.05) is 6.07 Å². The second kappa shape index (κ2) is 8.77. The van der Waals surface area contributed by atoms with E-state index in [1.165, 1.54) is 18.2 Å². The molecule has 0 aliphatic rings. The Morgan fingerprint density at radius 2 is 2.00 bits per heavy atom. The average Bonchev–Trinajstić information content (AvgIpc) is 2.44. The van der Waals surface area contributed by atoms with Gasteiger partial charge in [0.15, 0.2) is 5.75 Å². The van der Waals surface area contributed by atoms with Crippen LogP contribution in [0.2, 0.25) is 0 Å². The number of aromatic hydroxyl groups is 1. The lowest BCUT2D eigenvalue weighted by Gasteiger charge is -2.10. The highest BCUT2D eigenvalue weighted by atomic mass is 16.5. The molecule has 0 saturated carbocycles. The van der Waals surface area contributed by atoms with E-state index in [2.05, 4.69) is 10.6 Å². The van der Waals surface area contributed by atoms with Crippen molar-refractivity contribution in [3.8, 4) is 5.75 Å². The molecule has 0 radical (unpaired) electrons. The molecule has 4 N–H and O–H groups in total. The van der Waals surface area contributed by atoms with Gasteiger partial charge >= 0.3 is 12.0 Å². The summed E-state index contributed by atoms with van der Waals surface area (Å²) in [6, 6.07) is 3.50. The summed E-state index contributed by atoms with van der Waals surface area (Å²) in [5.41, 5.74) is -0.261. The summed E-state index contributed by atoms with van der Waals surface area (Å²) in [7, 11) is 1.56. The van der Waals surface area contributed by atoms with Gasteiger partial charge in [-0.15, -0.1) is 0 Å². The molecule has 0 aliphatic carbocycles. The van der Waals surface area contributed by atoms with E-state index in [1.807, 2.05) is 0 Å². The summed E-state index contributed by atoms with van der Waals surface area (Å²) in [5, 5.41) is 23.4. The number of urea groups is 1. The van der Waals surface area contributed by atoms with Crippen LogP contribution in [0.1, 0.15) is 10.4 Å². The molecule has 1 aromatic rings. The molecular formula is C13H18N2O6. The Morgan fingerprint density at radius 3 is 2.67 bits per heavy atom. The van der Waals surface area contributed by atoms with Crippen molar-refractivity contribution in [3.05, 3.63) is 23.8 Å². The predicted molar refractivity (Wildman–Crippen MR) is 74.8 cm³/mol. The lowest BCUT2D eigenvalue weighted by atomic mass is 10.2. The highest BCUT2D eigenvalue weighted by molar-refractivity contribution is 5.97. The van der Waals surface area contributed by atoms with Crippen molar-refractivity contribution >= 4 is 17.7 Å². The van der Waals surface area contributed by atoms with Gasteiger partial charge in [0.25, 0.3) is 0 Å². The van der Waals surface area contributed by atoms with Crippen molar-refractivity contribution in [2.75, 3.05) is 38.8 Å². The number of hydrogen-bond donors (Lipinski definition) is 4. The summed E-state index contributed by atoms with van der Waals surface area (Å²) in [6.07, 6.45) is 0. The maximum absolute atomic E-state index is 11.6. The number of anilines is 1. The quantitative estimate of drug-likeness (QED) is 0.418. The summed E-state index contributed by atoms with van der Waals surface area (Å²) in [4.78, 5) is 22.4. The van der Waals surface area contributed by atoms with Crippen molar-refractivity contribution in [3.63, 3.8) is 0 Å². The van der Waals surface area contributed by atoms with Crippen molar-refractivity contribution in [1.82, 2.24) is 5.32 Å². The van der Waals surface area contributed by atoms with E-state index >= 15 is 0 Å². The van der Waals surface area contributed by atoms with Gasteiger partial charge in [0.1, 0.15) is 5.56 Å². The third kappa shape index (κ3) is 5.67. The maximum Gasteiger partial charge on any atom is 0.339 e. The molecule has 116 valence electrons. The number of para-hydroxylation sites is 1. The largest absolute Gasteiger partial charge is 0.505 e. The zero-order chi connectivity index (χ0) is 15.7. The molecule has 8 nitrogen and oxygen atoms in total. The Balaban J connectivity index is 2.41. The fourth-order valence-corrected chi connectivity index (χ4v) is 1.46. The van der Waals surface area contributed by atoms with Gasteiger partial charge in [-0.25, -0.2) is 9.59 Å². The number of carboxylic acids is 1. The SMILES string of the molecule is COCCOCCNC(=O)Nc1cccc(C(=O)O)c1O. The van der Waals surface area contributed by atoms with Crippen LogP contribution < -0.4 is 10.6 Å².